The maximum absolute atomic E-state index is 12.2. The maximum Gasteiger partial charge on any atom is 0.254 e. The first-order valence-corrected chi connectivity index (χ1v) is 5.76. The second kappa shape index (κ2) is 6.57. The summed E-state index contributed by atoms with van der Waals surface area (Å²) < 4.78 is 0. The van der Waals surface area contributed by atoms with Gasteiger partial charge in [0.25, 0.3) is 5.91 Å². The summed E-state index contributed by atoms with van der Waals surface area (Å²) in [4.78, 5) is 18.2. The van der Waals surface area contributed by atoms with Gasteiger partial charge >= 0.3 is 0 Å². The van der Waals surface area contributed by atoms with Crippen LogP contribution in [0.25, 0.3) is 0 Å². The van der Waals surface area contributed by atoms with Crippen molar-refractivity contribution in [2.45, 2.75) is 13.3 Å². The Morgan fingerprint density at radius 3 is 2.82 bits per heavy atom. The highest BCUT2D eigenvalue weighted by Gasteiger charge is 2.19. The summed E-state index contributed by atoms with van der Waals surface area (Å²) in [6.07, 6.45) is 4.32. The number of pyridine rings is 1. The summed E-state index contributed by atoms with van der Waals surface area (Å²) in [5, 5.41) is 3.24. The lowest BCUT2D eigenvalue weighted by Gasteiger charge is -2.28. The van der Waals surface area contributed by atoms with Gasteiger partial charge in [0, 0.05) is 44.1 Å². The van der Waals surface area contributed by atoms with Crippen LogP contribution in [0.1, 0.15) is 22.8 Å². The highest BCUT2D eigenvalue weighted by Crippen LogP contribution is 2.11. The summed E-state index contributed by atoms with van der Waals surface area (Å²) in [5.74, 6) is 0.140. The predicted octanol–water partition coefficient (Wildman–Crippen LogP) is 1.11. The molecule has 1 amide bonds. The van der Waals surface area contributed by atoms with Crippen LogP contribution in [0.5, 0.6) is 0 Å². The van der Waals surface area contributed by atoms with Gasteiger partial charge in [-0.15, -0.1) is 12.4 Å². The van der Waals surface area contributed by atoms with Crippen LogP contribution in [-0.4, -0.2) is 42.0 Å². The van der Waals surface area contributed by atoms with E-state index >= 15 is 0 Å². The largest absolute Gasteiger partial charge is 0.336 e. The second-order valence-electron chi connectivity index (χ2n) is 3.93. The van der Waals surface area contributed by atoms with Gasteiger partial charge in [-0.1, -0.05) is 6.92 Å². The molecule has 0 aromatic carbocycles. The van der Waals surface area contributed by atoms with Gasteiger partial charge in [-0.2, -0.15) is 0 Å². The molecule has 2 rings (SSSR count). The molecule has 0 aliphatic carbocycles. The van der Waals surface area contributed by atoms with Crippen molar-refractivity contribution in [3.63, 3.8) is 0 Å². The van der Waals surface area contributed by atoms with E-state index < -0.39 is 0 Å². The lowest BCUT2D eigenvalue weighted by atomic mass is 10.1. The van der Waals surface area contributed by atoms with E-state index in [9.17, 15) is 4.79 Å². The lowest BCUT2D eigenvalue weighted by molar-refractivity contribution is 0.0734. The van der Waals surface area contributed by atoms with E-state index in [0.717, 1.165) is 43.7 Å². The first kappa shape index (κ1) is 13.9. The van der Waals surface area contributed by atoms with Crippen LogP contribution < -0.4 is 5.32 Å². The summed E-state index contributed by atoms with van der Waals surface area (Å²) in [6.45, 7) is 5.41. The van der Waals surface area contributed by atoms with Gasteiger partial charge in [0.1, 0.15) is 0 Å². The third-order valence-corrected chi connectivity index (χ3v) is 2.92. The van der Waals surface area contributed by atoms with E-state index in [1.165, 1.54) is 0 Å². The number of rotatable bonds is 2. The fourth-order valence-electron chi connectivity index (χ4n) is 1.96. The number of halogens is 1. The van der Waals surface area contributed by atoms with Gasteiger partial charge in [-0.3, -0.25) is 9.78 Å². The fourth-order valence-corrected chi connectivity index (χ4v) is 1.96. The number of carbonyl (C=O) groups is 1. The van der Waals surface area contributed by atoms with Crippen LogP contribution in [0.15, 0.2) is 18.5 Å². The molecule has 0 atom stereocenters. The molecule has 1 saturated heterocycles. The first-order valence-electron chi connectivity index (χ1n) is 5.76. The summed E-state index contributed by atoms with van der Waals surface area (Å²) in [5.41, 5.74) is 1.84. The zero-order valence-electron chi connectivity index (χ0n) is 9.98. The van der Waals surface area contributed by atoms with Crippen molar-refractivity contribution >= 4 is 18.3 Å². The number of amides is 1. The minimum absolute atomic E-state index is 0. The number of aromatic nitrogens is 1. The maximum atomic E-state index is 12.2. The number of carbonyl (C=O) groups excluding carboxylic acids is 1. The van der Waals surface area contributed by atoms with Crippen molar-refractivity contribution in [1.29, 1.82) is 0 Å². The highest BCUT2D eigenvalue weighted by molar-refractivity contribution is 5.95. The van der Waals surface area contributed by atoms with Crippen molar-refractivity contribution in [2.24, 2.45) is 0 Å². The molecule has 0 unspecified atom stereocenters. The standard InChI is InChI=1S/C12H17N3O.ClH/c1-2-10-9-14-4-3-11(10)12(16)15-7-5-13-6-8-15;/h3-4,9,13H,2,5-8H2,1H3;1H. The topological polar surface area (TPSA) is 45.2 Å². The molecule has 1 fully saturated rings. The molecule has 0 radical (unpaired) electrons. The molecule has 0 spiro atoms. The normalized spacial score (nSPS) is 15.2. The van der Waals surface area contributed by atoms with Crippen LogP contribution >= 0.6 is 12.4 Å². The van der Waals surface area contributed by atoms with E-state index in [-0.39, 0.29) is 18.3 Å². The highest BCUT2D eigenvalue weighted by atomic mass is 35.5. The Balaban J connectivity index is 0.00000144. The Bertz CT molecular complexity index is 378. The smallest absolute Gasteiger partial charge is 0.254 e. The van der Waals surface area contributed by atoms with Crippen LogP contribution in [0.2, 0.25) is 0 Å². The van der Waals surface area contributed by atoms with Crippen molar-refractivity contribution in [1.82, 2.24) is 15.2 Å². The van der Waals surface area contributed by atoms with E-state index in [0.29, 0.717) is 0 Å². The van der Waals surface area contributed by atoms with Crippen molar-refractivity contribution in [2.75, 3.05) is 26.2 Å². The van der Waals surface area contributed by atoms with E-state index in [2.05, 4.69) is 10.3 Å². The van der Waals surface area contributed by atoms with E-state index in [4.69, 9.17) is 0 Å². The second-order valence-corrected chi connectivity index (χ2v) is 3.93. The molecule has 0 saturated carbocycles. The quantitative estimate of drug-likeness (QED) is 0.861. The number of piperazine rings is 1. The predicted molar refractivity (Wildman–Crippen MR) is 69.6 cm³/mol. The number of hydrogen-bond donors (Lipinski definition) is 1. The molecular formula is C12H18ClN3O. The molecule has 1 aromatic rings. The van der Waals surface area contributed by atoms with E-state index in [1.54, 1.807) is 12.4 Å². The minimum atomic E-state index is 0. The molecule has 1 N–H and O–H groups in total. The summed E-state index contributed by atoms with van der Waals surface area (Å²) in [7, 11) is 0. The van der Waals surface area contributed by atoms with Crippen LogP contribution in [0, 0.1) is 0 Å². The number of nitrogens with one attached hydrogen (secondary N) is 1. The molecule has 5 heteroatoms. The van der Waals surface area contributed by atoms with E-state index in [1.807, 2.05) is 17.9 Å². The summed E-state index contributed by atoms with van der Waals surface area (Å²) in [6, 6.07) is 1.82. The van der Waals surface area contributed by atoms with Crippen molar-refractivity contribution in [3.8, 4) is 0 Å². The Morgan fingerprint density at radius 1 is 1.47 bits per heavy atom. The Labute approximate surface area is 108 Å². The molecule has 1 aromatic heterocycles. The van der Waals surface area contributed by atoms with Crippen LogP contribution in [-0.2, 0) is 6.42 Å². The Kier molecular flexibility index (Phi) is 5.38. The molecule has 1 aliphatic rings. The van der Waals surface area contributed by atoms with Gasteiger partial charge in [-0.25, -0.2) is 0 Å². The third-order valence-electron chi connectivity index (χ3n) is 2.92. The van der Waals surface area contributed by atoms with Gasteiger partial charge in [0.05, 0.1) is 0 Å². The van der Waals surface area contributed by atoms with Crippen molar-refractivity contribution < 1.29 is 4.79 Å². The van der Waals surface area contributed by atoms with Crippen LogP contribution in [0.4, 0.5) is 0 Å². The summed E-state index contributed by atoms with van der Waals surface area (Å²) >= 11 is 0. The molecule has 4 nitrogen and oxygen atoms in total. The third kappa shape index (κ3) is 3.17. The number of nitrogens with zero attached hydrogens (tertiary/aromatic N) is 2. The van der Waals surface area contributed by atoms with Gasteiger partial charge in [0.2, 0.25) is 0 Å². The first-order chi connectivity index (χ1) is 7.83. The van der Waals surface area contributed by atoms with Crippen LogP contribution in [0.3, 0.4) is 0 Å². The minimum Gasteiger partial charge on any atom is -0.336 e. The molecule has 2 heterocycles. The average molecular weight is 256 g/mol. The molecule has 94 valence electrons. The Morgan fingerprint density at radius 2 is 2.18 bits per heavy atom. The zero-order chi connectivity index (χ0) is 11.4. The lowest BCUT2D eigenvalue weighted by Crippen LogP contribution is -2.46. The Hall–Kier alpha value is -1.13. The molecule has 17 heavy (non-hydrogen) atoms. The molecule has 0 bridgehead atoms. The van der Waals surface area contributed by atoms with Gasteiger partial charge < -0.3 is 10.2 Å². The van der Waals surface area contributed by atoms with Crippen molar-refractivity contribution in [3.05, 3.63) is 29.6 Å². The van der Waals surface area contributed by atoms with Gasteiger partial charge in [-0.05, 0) is 18.1 Å². The average Bonchev–Trinajstić information content (AvgIpc) is 2.39. The molecule has 1 aliphatic heterocycles. The SMILES string of the molecule is CCc1cnccc1C(=O)N1CCNCC1.Cl. The monoisotopic (exact) mass is 255 g/mol. The fraction of sp³-hybridized carbons (Fsp3) is 0.500. The number of aryl methyl sites for hydroxylation is 1. The molecular weight excluding hydrogens is 238 g/mol. The number of hydrogen-bond acceptors (Lipinski definition) is 3. The zero-order valence-corrected chi connectivity index (χ0v) is 10.8. The van der Waals surface area contributed by atoms with Gasteiger partial charge in [0.15, 0.2) is 0 Å².